The Labute approximate surface area is 135 Å². The molecule has 1 aliphatic heterocycles. The molecule has 2 rings (SSSR count). The summed E-state index contributed by atoms with van der Waals surface area (Å²) in [5.74, 6) is -5.39. The number of rotatable bonds is 2. The Balaban J connectivity index is 2.40. The molecule has 1 fully saturated rings. The fourth-order valence-electron chi connectivity index (χ4n) is 3.66. The van der Waals surface area contributed by atoms with Crippen LogP contribution in [0.25, 0.3) is 0 Å². The van der Waals surface area contributed by atoms with Gasteiger partial charge in [0, 0.05) is 24.0 Å². The van der Waals surface area contributed by atoms with Crippen LogP contribution >= 0.6 is 0 Å². The number of nitrogens with zero attached hydrogens (tertiary/aromatic N) is 1. The summed E-state index contributed by atoms with van der Waals surface area (Å²) in [5.41, 5.74) is 3.92. The van der Waals surface area contributed by atoms with Crippen LogP contribution in [-0.4, -0.2) is 35.6 Å². The first-order valence-corrected chi connectivity index (χ1v) is 7.41. The molecule has 0 aromatic carbocycles. The molecule has 9 heteroatoms. The van der Waals surface area contributed by atoms with E-state index in [0.717, 1.165) is 0 Å². The number of hydrogen-bond donors (Lipinski definition) is 1. The third-order valence-corrected chi connectivity index (χ3v) is 4.88. The molecule has 3 nitrogen and oxygen atoms in total. The summed E-state index contributed by atoms with van der Waals surface area (Å²) in [7, 11) is 0. The van der Waals surface area contributed by atoms with E-state index in [1.807, 2.05) is 0 Å². The maximum absolute atomic E-state index is 14.4. The molecular formula is C15H18F6N2O. The number of likely N-dealkylation sites (tertiary alicyclic amines) is 1. The molecule has 0 bridgehead atoms. The number of allylic oxidation sites excluding steroid dienone is 4. The quantitative estimate of drug-likeness (QED) is 0.770. The largest absolute Gasteiger partial charge is 0.406 e. The summed E-state index contributed by atoms with van der Waals surface area (Å²) in [6.45, 7) is 1.01. The number of alkyl halides is 3. The molecule has 1 saturated heterocycles. The van der Waals surface area contributed by atoms with Crippen molar-refractivity contribution in [3.05, 3.63) is 23.6 Å². The van der Waals surface area contributed by atoms with Gasteiger partial charge in [0.05, 0.1) is 6.04 Å². The Hall–Kier alpha value is -1.51. The van der Waals surface area contributed by atoms with Gasteiger partial charge in [0.15, 0.2) is 5.83 Å². The predicted octanol–water partition coefficient (Wildman–Crippen LogP) is 3.53. The van der Waals surface area contributed by atoms with Gasteiger partial charge in [-0.3, -0.25) is 4.79 Å². The molecule has 1 unspecified atom stereocenters. The molecule has 0 spiro atoms. The first-order valence-electron chi connectivity index (χ1n) is 7.41. The van der Waals surface area contributed by atoms with Crippen LogP contribution in [0.1, 0.15) is 26.7 Å². The van der Waals surface area contributed by atoms with E-state index in [2.05, 4.69) is 0 Å². The summed E-state index contributed by atoms with van der Waals surface area (Å²) < 4.78 is 79.9. The molecule has 1 heterocycles. The molecule has 0 aromatic rings. The zero-order valence-corrected chi connectivity index (χ0v) is 13.1. The van der Waals surface area contributed by atoms with Crippen LogP contribution in [0.4, 0.5) is 26.3 Å². The highest BCUT2D eigenvalue weighted by Gasteiger charge is 2.52. The van der Waals surface area contributed by atoms with Crippen LogP contribution in [0.15, 0.2) is 23.6 Å². The minimum absolute atomic E-state index is 0.154. The second-order valence-corrected chi connectivity index (χ2v) is 6.62. The van der Waals surface area contributed by atoms with Crippen molar-refractivity contribution >= 4 is 5.91 Å². The van der Waals surface area contributed by atoms with Crippen molar-refractivity contribution in [2.75, 3.05) is 6.54 Å². The molecule has 0 saturated carbocycles. The summed E-state index contributed by atoms with van der Waals surface area (Å²) in [6.07, 6.45) is -4.90. The second-order valence-electron chi connectivity index (χ2n) is 6.62. The van der Waals surface area contributed by atoms with E-state index in [0.29, 0.717) is 11.0 Å². The van der Waals surface area contributed by atoms with Gasteiger partial charge in [-0.05, 0) is 19.3 Å². The lowest BCUT2D eigenvalue weighted by Crippen LogP contribution is -2.61. The molecule has 4 atom stereocenters. The van der Waals surface area contributed by atoms with E-state index >= 15 is 0 Å². The Kier molecular flexibility index (Phi) is 4.78. The number of carbonyl (C=O) groups is 1. The lowest BCUT2D eigenvalue weighted by atomic mass is 9.64. The van der Waals surface area contributed by atoms with E-state index in [1.165, 1.54) is 13.8 Å². The van der Waals surface area contributed by atoms with E-state index in [9.17, 15) is 31.1 Å². The van der Waals surface area contributed by atoms with Gasteiger partial charge in [0.25, 0.3) is 0 Å². The smallest absolute Gasteiger partial charge is 0.329 e. The lowest BCUT2D eigenvalue weighted by molar-refractivity contribution is -0.175. The third-order valence-electron chi connectivity index (χ3n) is 4.88. The molecule has 0 radical (unpaired) electrons. The molecule has 2 N–H and O–H groups in total. The average Bonchev–Trinajstić information content (AvgIpc) is 2.43. The van der Waals surface area contributed by atoms with Crippen molar-refractivity contribution in [2.45, 2.75) is 44.9 Å². The Morgan fingerprint density at radius 3 is 2.46 bits per heavy atom. The highest BCUT2D eigenvalue weighted by atomic mass is 19.4. The topological polar surface area (TPSA) is 46.3 Å². The van der Waals surface area contributed by atoms with Crippen LogP contribution in [0, 0.1) is 11.3 Å². The van der Waals surface area contributed by atoms with E-state index in [1.54, 1.807) is 0 Å². The van der Waals surface area contributed by atoms with Crippen LogP contribution in [0.3, 0.4) is 0 Å². The van der Waals surface area contributed by atoms with E-state index in [4.69, 9.17) is 5.73 Å². The van der Waals surface area contributed by atoms with E-state index in [-0.39, 0.29) is 6.42 Å². The first-order chi connectivity index (χ1) is 10.9. The van der Waals surface area contributed by atoms with Gasteiger partial charge in [-0.15, -0.1) is 0 Å². The van der Waals surface area contributed by atoms with Crippen molar-refractivity contribution in [3.63, 3.8) is 0 Å². The Bertz CT molecular complexity index is 599. The third kappa shape index (κ3) is 3.31. The number of hydrogen-bond acceptors (Lipinski definition) is 2. The van der Waals surface area contributed by atoms with Crippen molar-refractivity contribution in [1.29, 1.82) is 0 Å². The normalized spacial score (nSPS) is 35.4. The predicted molar refractivity (Wildman–Crippen MR) is 74.5 cm³/mol. The molecule has 24 heavy (non-hydrogen) atoms. The van der Waals surface area contributed by atoms with Crippen molar-refractivity contribution in [1.82, 2.24) is 4.90 Å². The summed E-state index contributed by atoms with van der Waals surface area (Å²) >= 11 is 0. The van der Waals surface area contributed by atoms with Gasteiger partial charge in [-0.1, -0.05) is 6.92 Å². The molecular weight excluding hydrogens is 338 g/mol. The van der Waals surface area contributed by atoms with Crippen LogP contribution in [0.5, 0.6) is 0 Å². The minimum Gasteiger partial charge on any atom is -0.329 e. The highest BCUT2D eigenvalue weighted by Crippen LogP contribution is 2.51. The highest BCUT2D eigenvalue weighted by molar-refractivity contribution is 5.83. The van der Waals surface area contributed by atoms with Crippen molar-refractivity contribution in [3.8, 4) is 0 Å². The number of carbonyl (C=O) groups excluding carboxylic acids is 1. The standard InChI is InChI=1S/C15H18F6N2O/c1-7-9(14(2)5-8(16)3-10(17)12(14)18)4-11(22)13(24)23(7)6-15(19,20)21/h3,7,9,11H,4-6,22H2,1-2H3/t7-,9-,11+,14?/m1/s1. The second kappa shape index (κ2) is 6.09. The van der Waals surface area contributed by atoms with E-state index < -0.39 is 65.9 Å². The van der Waals surface area contributed by atoms with Gasteiger partial charge < -0.3 is 10.6 Å². The monoisotopic (exact) mass is 356 g/mol. The minimum atomic E-state index is -4.66. The van der Waals surface area contributed by atoms with Crippen LogP contribution in [0.2, 0.25) is 0 Å². The number of piperidine rings is 1. The summed E-state index contributed by atoms with van der Waals surface area (Å²) in [4.78, 5) is 12.5. The SMILES string of the molecule is C[C@@H]1[C@H](C2(C)CC(F)=CC(F)=C2F)C[C@H](N)C(=O)N1CC(F)(F)F. The van der Waals surface area contributed by atoms with Crippen molar-refractivity contribution < 1.29 is 31.1 Å². The Morgan fingerprint density at radius 2 is 1.92 bits per heavy atom. The molecule has 0 aromatic heterocycles. The van der Waals surface area contributed by atoms with Crippen LogP contribution < -0.4 is 5.73 Å². The fourth-order valence-corrected chi connectivity index (χ4v) is 3.66. The lowest BCUT2D eigenvalue weighted by Gasteiger charge is -2.49. The first kappa shape index (κ1) is 18.8. The van der Waals surface area contributed by atoms with Crippen molar-refractivity contribution in [2.24, 2.45) is 17.1 Å². The summed E-state index contributed by atoms with van der Waals surface area (Å²) in [5, 5.41) is 0. The Morgan fingerprint density at radius 1 is 1.33 bits per heavy atom. The molecule has 2 aliphatic rings. The maximum Gasteiger partial charge on any atom is 0.406 e. The molecule has 136 valence electrons. The fraction of sp³-hybridized carbons (Fsp3) is 0.667. The van der Waals surface area contributed by atoms with Crippen LogP contribution in [-0.2, 0) is 4.79 Å². The summed E-state index contributed by atoms with van der Waals surface area (Å²) in [6, 6.07) is -2.36. The van der Waals surface area contributed by atoms with Gasteiger partial charge >= 0.3 is 6.18 Å². The average molecular weight is 356 g/mol. The maximum atomic E-state index is 14.4. The molecule has 1 amide bonds. The van der Waals surface area contributed by atoms with Gasteiger partial charge in [0.1, 0.15) is 18.2 Å². The number of nitrogens with two attached hydrogens (primary N) is 1. The number of halogens is 6. The zero-order chi connectivity index (χ0) is 18.4. The number of amides is 1. The zero-order valence-electron chi connectivity index (χ0n) is 13.1. The van der Waals surface area contributed by atoms with Gasteiger partial charge in [0.2, 0.25) is 5.91 Å². The van der Waals surface area contributed by atoms with Gasteiger partial charge in [-0.25, -0.2) is 13.2 Å². The molecule has 1 aliphatic carbocycles. The van der Waals surface area contributed by atoms with Gasteiger partial charge in [-0.2, -0.15) is 13.2 Å².